The van der Waals surface area contributed by atoms with Crippen molar-refractivity contribution in [2.24, 2.45) is 11.7 Å². The molecule has 0 aromatic heterocycles. The number of halogens is 1. The molecular formula is C14H18FN3O2. The van der Waals surface area contributed by atoms with Crippen LogP contribution in [0.5, 0.6) is 0 Å². The SMILES string of the molecule is Cc1c(N)cc(C(=O)N2CCC(C(N)=O)CC2)cc1F. The Morgan fingerprint density at radius 2 is 1.90 bits per heavy atom. The average molecular weight is 279 g/mol. The fraction of sp³-hybridized carbons (Fsp3) is 0.429. The number of amides is 2. The van der Waals surface area contributed by atoms with Gasteiger partial charge in [0.25, 0.3) is 5.91 Å². The molecule has 0 aliphatic carbocycles. The van der Waals surface area contributed by atoms with Gasteiger partial charge in [-0.25, -0.2) is 4.39 Å². The first-order chi connectivity index (χ1) is 9.40. The number of carbonyl (C=O) groups is 2. The number of hydrogen-bond donors (Lipinski definition) is 2. The number of piperidine rings is 1. The highest BCUT2D eigenvalue weighted by molar-refractivity contribution is 5.95. The van der Waals surface area contributed by atoms with E-state index in [1.54, 1.807) is 11.8 Å². The maximum atomic E-state index is 13.6. The van der Waals surface area contributed by atoms with Crippen LogP contribution in [0.25, 0.3) is 0 Å². The van der Waals surface area contributed by atoms with Gasteiger partial charge in [0, 0.05) is 35.8 Å². The lowest BCUT2D eigenvalue weighted by Gasteiger charge is -2.30. The van der Waals surface area contributed by atoms with Crippen molar-refractivity contribution in [1.29, 1.82) is 0 Å². The number of anilines is 1. The molecule has 0 bridgehead atoms. The van der Waals surface area contributed by atoms with Gasteiger partial charge in [-0.3, -0.25) is 9.59 Å². The molecule has 0 unspecified atom stereocenters. The lowest BCUT2D eigenvalue weighted by atomic mass is 9.95. The zero-order chi connectivity index (χ0) is 14.9. The van der Waals surface area contributed by atoms with Crippen LogP contribution in [0, 0.1) is 18.7 Å². The van der Waals surface area contributed by atoms with Gasteiger partial charge in [0.05, 0.1) is 0 Å². The summed E-state index contributed by atoms with van der Waals surface area (Å²) in [5.74, 6) is -1.26. The monoisotopic (exact) mass is 279 g/mol. The number of carbonyl (C=O) groups excluding carboxylic acids is 2. The van der Waals surface area contributed by atoms with Crippen LogP contribution < -0.4 is 11.5 Å². The normalized spacial score (nSPS) is 16.2. The van der Waals surface area contributed by atoms with Gasteiger partial charge in [-0.1, -0.05) is 0 Å². The number of benzene rings is 1. The van der Waals surface area contributed by atoms with Gasteiger partial charge in [0.1, 0.15) is 5.82 Å². The first-order valence-corrected chi connectivity index (χ1v) is 6.54. The molecule has 0 radical (unpaired) electrons. The fourth-order valence-corrected chi connectivity index (χ4v) is 2.37. The van der Waals surface area contributed by atoms with Gasteiger partial charge in [0.15, 0.2) is 0 Å². The van der Waals surface area contributed by atoms with Gasteiger partial charge in [-0.15, -0.1) is 0 Å². The highest BCUT2D eigenvalue weighted by atomic mass is 19.1. The molecule has 20 heavy (non-hydrogen) atoms. The Labute approximate surface area is 116 Å². The van der Waals surface area contributed by atoms with Gasteiger partial charge in [-0.2, -0.15) is 0 Å². The summed E-state index contributed by atoms with van der Waals surface area (Å²) in [7, 11) is 0. The van der Waals surface area contributed by atoms with Gasteiger partial charge >= 0.3 is 0 Å². The summed E-state index contributed by atoms with van der Waals surface area (Å²) in [6.07, 6.45) is 1.09. The van der Waals surface area contributed by atoms with Crippen LogP contribution in [0.15, 0.2) is 12.1 Å². The number of rotatable bonds is 2. The lowest BCUT2D eigenvalue weighted by Crippen LogP contribution is -2.41. The zero-order valence-corrected chi connectivity index (χ0v) is 11.4. The molecule has 1 aromatic carbocycles. The second-order valence-electron chi connectivity index (χ2n) is 5.14. The smallest absolute Gasteiger partial charge is 0.254 e. The number of nitrogens with zero attached hydrogens (tertiary/aromatic N) is 1. The van der Waals surface area contributed by atoms with E-state index in [0.29, 0.717) is 31.5 Å². The summed E-state index contributed by atoms with van der Waals surface area (Å²) in [5.41, 5.74) is 11.8. The van der Waals surface area contributed by atoms with E-state index in [1.807, 2.05) is 0 Å². The molecule has 1 aliphatic rings. The van der Waals surface area contributed by atoms with Crippen molar-refractivity contribution in [3.8, 4) is 0 Å². The molecule has 5 nitrogen and oxygen atoms in total. The molecule has 1 aromatic rings. The number of nitrogens with two attached hydrogens (primary N) is 2. The summed E-state index contributed by atoms with van der Waals surface area (Å²) in [4.78, 5) is 25.0. The zero-order valence-electron chi connectivity index (χ0n) is 11.4. The average Bonchev–Trinajstić information content (AvgIpc) is 2.43. The van der Waals surface area contributed by atoms with Gasteiger partial charge in [-0.05, 0) is 31.9 Å². The third-order valence-corrected chi connectivity index (χ3v) is 3.82. The van der Waals surface area contributed by atoms with Crippen LogP contribution in [-0.2, 0) is 4.79 Å². The molecule has 2 amide bonds. The van der Waals surface area contributed by atoms with Crippen LogP contribution in [-0.4, -0.2) is 29.8 Å². The van der Waals surface area contributed by atoms with Crippen molar-refractivity contribution in [3.63, 3.8) is 0 Å². The van der Waals surface area contributed by atoms with Crippen molar-refractivity contribution in [2.75, 3.05) is 18.8 Å². The summed E-state index contributed by atoms with van der Waals surface area (Å²) in [6, 6.07) is 2.69. The molecular weight excluding hydrogens is 261 g/mol. The van der Waals surface area contributed by atoms with E-state index in [-0.39, 0.29) is 29.0 Å². The third kappa shape index (κ3) is 2.74. The Morgan fingerprint density at radius 3 is 2.40 bits per heavy atom. The maximum Gasteiger partial charge on any atom is 0.254 e. The Balaban J connectivity index is 2.11. The van der Waals surface area contributed by atoms with Crippen molar-refractivity contribution in [3.05, 3.63) is 29.1 Å². The quantitative estimate of drug-likeness (QED) is 0.793. The second kappa shape index (κ2) is 5.48. The molecule has 1 fully saturated rings. The third-order valence-electron chi connectivity index (χ3n) is 3.82. The highest BCUT2D eigenvalue weighted by Gasteiger charge is 2.26. The number of likely N-dealkylation sites (tertiary alicyclic amines) is 1. The maximum absolute atomic E-state index is 13.6. The Morgan fingerprint density at radius 1 is 1.30 bits per heavy atom. The van der Waals surface area contributed by atoms with Crippen molar-refractivity contribution < 1.29 is 14.0 Å². The van der Waals surface area contributed by atoms with Crippen LogP contribution >= 0.6 is 0 Å². The van der Waals surface area contributed by atoms with Crippen LogP contribution in [0.1, 0.15) is 28.8 Å². The molecule has 0 atom stereocenters. The van der Waals surface area contributed by atoms with E-state index in [1.165, 1.54) is 12.1 Å². The van der Waals surface area contributed by atoms with Crippen LogP contribution in [0.4, 0.5) is 10.1 Å². The van der Waals surface area contributed by atoms with E-state index in [9.17, 15) is 14.0 Å². The molecule has 6 heteroatoms. The van der Waals surface area contributed by atoms with Crippen LogP contribution in [0.3, 0.4) is 0 Å². The molecule has 108 valence electrons. The summed E-state index contributed by atoms with van der Waals surface area (Å²) in [5, 5.41) is 0. The molecule has 2 rings (SSSR count). The Kier molecular flexibility index (Phi) is 3.92. The number of nitrogen functional groups attached to an aromatic ring is 1. The largest absolute Gasteiger partial charge is 0.398 e. The minimum Gasteiger partial charge on any atom is -0.398 e. The number of hydrogen-bond acceptors (Lipinski definition) is 3. The van der Waals surface area contributed by atoms with E-state index in [2.05, 4.69) is 0 Å². The van der Waals surface area contributed by atoms with Crippen molar-refractivity contribution >= 4 is 17.5 Å². The minimum absolute atomic E-state index is 0.182. The summed E-state index contributed by atoms with van der Waals surface area (Å²) in [6.45, 7) is 2.46. The fourth-order valence-electron chi connectivity index (χ4n) is 2.37. The first-order valence-electron chi connectivity index (χ1n) is 6.54. The summed E-state index contributed by atoms with van der Waals surface area (Å²) >= 11 is 0. The van der Waals surface area contributed by atoms with E-state index >= 15 is 0 Å². The van der Waals surface area contributed by atoms with E-state index in [0.717, 1.165) is 0 Å². The highest BCUT2D eigenvalue weighted by Crippen LogP contribution is 2.22. The first kappa shape index (κ1) is 14.3. The molecule has 1 aliphatic heterocycles. The van der Waals surface area contributed by atoms with E-state index < -0.39 is 5.82 Å². The molecule has 1 heterocycles. The predicted molar refractivity (Wildman–Crippen MR) is 73.4 cm³/mol. The predicted octanol–water partition coefficient (Wildman–Crippen LogP) is 1.05. The van der Waals surface area contributed by atoms with Crippen LogP contribution in [0.2, 0.25) is 0 Å². The Bertz CT molecular complexity index is 528. The van der Waals surface area contributed by atoms with E-state index in [4.69, 9.17) is 11.5 Å². The Hall–Kier alpha value is -2.11. The second-order valence-corrected chi connectivity index (χ2v) is 5.14. The lowest BCUT2D eigenvalue weighted by molar-refractivity contribution is -0.123. The van der Waals surface area contributed by atoms with Gasteiger partial charge in [0.2, 0.25) is 5.91 Å². The molecule has 1 saturated heterocycles. The number of primary amides is 1. The minimum atomic E-state index is -0.486. The van der Waals surface area contributed by atoms with Crippen molar-refractivity contribution in [1.82, 2.24) is 4.90 Å². The molecule has 0 saturated carbocycles. The topological polar surface area (TPSA) is 89.4 Å². The van der Waals surface area contributed by atoms with Gasteiger partial charge < -0.3 is 16.4 Å². The standard InChI is InChI=1S/C14H18FN3O2/c1-8-11(15)6-10(7-12(8)16)14(20)18-4-2-9(3-5-18)13(17)19/h6-7,9H,2-5,16H2,1H3,(H2,17,19). The van der Waals surface area contributed by atoms with Crippen molar-refractivity contribution in [2.45, 2.75) is 19.8 Å². The summed E-state index contributed by atoms with van der Waals surface area (Å²) < 4.78 is 13.6. The molecule has 4 N–H and O–H groups in total. The molecule has 0 spiro atoms.